The second kappa shape index (κ2) is 6.38. The van der Waals surface area contributed by atoms with Gasteiger partial charge in [0, 0.05) is 12.1 Å². The van der Waals surface area contributed by atoms with Gasteiger partial charge in [-0.25, -0.2) is 0 Å². The molecule has 3 rings (SSSR count). The van der Waals surface area contributed by atoms with Crippen LogP contribution in [-0.4, -0.2) is 36.6 Å². The summed E-state index contributed by atoms with van der Waals surface area (Å²) in [5, 5.41) is 3.75. The maximum atomic E-state index is 3.75. The molecule has 2 heteroatoms. The summed E-state index contributed by atoms with van der Waals surface area (Å²) in [6.45, 7) is 3.98. The Balaban J connectivity index is 1.33. The molecule has 1 aliphatic heterocycles. The number of likely N-dealkylation sites (tertiary alicyclic amines) is 1. The number of hydrogen-bond donors (Lipinski definition) is 1. The molecule has 3 fully saturated rings. The number of hydrogen-bond acceptors (Lipinski definition) is 2. The minimum absolute atomic E-state index is 0.853. The molecule has 0 aromatic heterocycles. The van der Waals surface area contributed by atoms with E-state index in [1.807, 2.05) is 0 Å². The SMILES string of the molecule is C1CCC(NCCCN2CCC3CCCCC32)C1. The lowest BCUT2D eigenvalue weighted by Crippen LogP contribution is -2.37. The van der Waals surface area contributed by atoms with Gasteiger partial charge >= 0.3 is 0 Å². The smallest absolute Gasteiger partial charge is 0.0124 e. The van der Waals surface area contributed by atoms with E-state index in [4.69, 9.17) is 0 Å². The zero-order chi connectivity index (χ0) is 12.2. The van der Waals surface area contributed by atoms with Gasteiger partial charge in [0.05, 0.1) is 0 Å². The molecular weight excluding hydrogens is 220 g/mol. The van der Waals surface area contributed by atoms with E-state index < -0.39 is 0 Å². The summed E-state index contributed by atoms with van der Waals surface area (Å²) >= 11 is 0. The molecule has 2 unspecified atom stereocenters. The molecule has 1 saturated heterocycles. The standard InChI is InChI=1S/C16H30N2/c1-4-9-16-14(6-1)10-13-18(16)12-5-11-17-15-7-2-3-8-15/h14-17H,1-13H2. The van der Waals surface area contributed by atoms with Gasteiger partial charge in [-0.1, -0.05) is 25.7 Å². The summed E-state index contributed by atoms with van der Waals surface area (Å²) in [4.78, 5) is 2.81. The number of fused-ring (bicyclic) bond motifs is 1. The maximum Gasteiger partial charge on any atom is 0.0124 e. The number of nitrogens with one attached hydrogen (secondary N) is 1. The molecule has 1 heterocycles. The molecule has 3 aliphatic rings. The summed E-state index contributed by atoms with van der Waals surface area (Å²) in [7, 11) is 0. The Hall–Kier alpha value is -0.0800. The van der Waals surface area contributed by atoms with E-state index in [9.17, 15) is 0 Å². The normalized spacial score (nSPS) is 34.0. The van der Waals surface area contributed by atoms with E-state index in [2.05, 4.69) is 10.2 Å². The summed E-state index contributed by atoms with van der Waals surface area (Å²) in [5.41, 5.74) is 0. The largest absolute Gasteiger partial charge is 0.314 e. The molecule has 0 bridgehead atoms. The van der Waals surface area contributed by atoms with Crippen LogP contribution in [0.4, 0.5) is 0 Å². The first-order valence-corrected chi connectivity index (χ1v) is 8.41. The first-order chi connectivity index (χ1) is 8.93. The number of rotatable bonds is 5. The fourth-order valence-electron chi connectivity index (χ4n) is 4.50. The highest BCUT2D eigenvalue weighted by molar-refractivity contribution is 4.89. The third-order valence-electron chi connectivity index (χ3n) is 5.54. The van der Waals surface area contributed by atoms with E-state index in [1.54, 1.807) is 0 Å². The average Bonchev–Trinajstić information content (AvgIpc) is 3.04. The van der Waals surface area contributed by atoms with Crippen molar-refractivity contribution in [3.8, 4) is 0 Å². The van der Waals surface area contributed by atoms with Gasteiger partial charge in [0.2, 0.25) is 0 Å². The Morgan fingerprint density at radius 3 is 2.56 bits per heavy atom. The van der Waals surface area contributed by atoms with Crippen LogP contribution in [0.5, 0.6) is 0 Å². The summed E-state index contributed by atoms with van der Waals surface area (Å²) in [5.74, 6) is 1.06. The summed E-state index contributed by atoms with van der Waals surface area (Å²) < 4.78 is 0. The van der Waals surface area contributed by atoms with Crippen LogP contribution in [0.3, 0.4) is 0 Å². The molecule has 0 radical (unpaired) electrons. The molecule has 0 aromatic carbocycles. The second-order valence-electron chi connectivity index (χ2n) is 6.73. The maximum absolute atomic E-state index is 3.75. The van der Waals surface area contributed by atoms with Crippen molar-refractivity contribution in [1.82, 2.24) is 10.2 Å². The Labute approximate surface area is 113 Å². The van der Waals surface area contributed by atoms with Gasteiger partial charge in [-0.15, -0.1) is 0 Å². The first kappa shape index (κ1) is 12.9. The molecule has 18 heavy (non-hydrogen) atoms. The minimum Gasteiger partial charge on any atom is -0.314 e. The van der Waals surface area contributed by atoms with Crippen molar-refractivity contribution < 1.29 is 0 Å². The highest BCUT2D eigenvalue weighted by Crippen LogP contribution is 2.35. The highest BCUT2D eigenvalue weighted by atomic mass is 15.2. The van der Waals surface area contributed by atoms with E-state index in [1.165, 1.54) is 83.8 Å². The topological polar surface area (TPSA) is 15.3 Å². The van der Waals surface area contributed by atoms with Crippen molar-refractivity contribution in [2.75, 3.05) is 19.6 Å². The van der Waals surface area contributed by atoms with Crippen molar-refractivity contribution in [2.45, 2.75) is 76.3 Å². The highest BCUT2D eigenvalue weighted by Gasteiger charge is 2.34. The Kier molecular flexibility index (Phi) is 4.58. The van der Waals surface area contributed by atoms with Gasteiger partial charge in [-0.2, -0.15) is 0 Å². The van der Waals surface area contributed by atoms with Crippen LogP contribution in [0.1, 0.15) is 64.2 Å². The van der Waals surface area contributed by atoms with Gasteiger partial charge in [0.1, 0.15) is 0 Å². The van der Waals surface area contributed by atoms with Gasteiger partial charge < -0.3 is 10.2 Å². The van der Waals surface area contributed by atoms with Gasteiger partial charge in [0.25, 0.3) is 0 Å². The fraction of sp³-hybridized carbons (Fsp3) is 1.00. The molecule has 2 saturated carbocycles. The van der Waals surface area contributed by atoms with Crippen LogP contribution in [0.25, 0.3) is 0 Å². The van der Waals surface area contributed by atoms with E-state index >= 15 is 0 Å². The lowest BCUT2D eigenvalue weighted by atomic mass is 9.85. The van der Waals surface area contributed by atoms with Crippen molar-refractivity contribution in [2.24, 2.45) is 5.92 Å². The average molecular weight is 250 g/mol. The molecule has 0 aromatic rings. The van der Waals surface area contributed by atoms with Crippen LogP contribution in [0.15, 0.2) is 0 Å². The molecule has 2 nitrogen and oxygen atoms in total. The molecule has 2 aliphatic carbocycles. The Morgan fingerprint density at radius 2 is 1.67 bits per heavy atom. The molecule has 0 amide bonds. The zero-order valence-corrected chi connectivity index (χ0v) is 11.9. The van der Waals surface area contributed by atoms with Gasteiger partial charge in [-0.3, -0.25) is 0 Å². The zero-order valence-electron chi connectivity index (χ0n) is 11.9. The van der Waals surface area contributed by atoms with Crippen LogP contribution in [-0.2, 0) is 0 Å². The minimum atomic E-state index is 0.853. The lowest BCUT2D eigenvalue weighted by Gasteiger charge is -2.31. The third-order valence-corrected chi connectivity index (χ3v) is 5.54. The third kappa shape index (κ3) is 3.08. The molecule has 104 valence electrons. The number of nitrogens with zero attached hydrogens (tertiary/aromatic N) is 1. The molecule has 1 N–H and O–H groups in total. The second-order valence-corrected chi connectivity index (χ2v) is 6.73. The van der Waals surface area contributed by atoms with Gasteiger partial charge in [-0.05, 0) is 64.1 Å². The summed E-state index contributed by atoms with van der Waals surface area (Å²) in [6.07, 6.45) is 14.6. The molecular formula is C16H30N2. The van der Waals surface area contributed by atoms with Crippen molar-refractivity contribution in [3.05, 3.63) is 0 Å². The quantitative estimate of drug-likeness (QED) is 0.754. The van der Waals surface area contributed by atoms with Crippen molar-refractivity contribution in [3.63, 3.8) is 0 Å². The van der Waals surface area contributed by atoms with Crippen molar-refractivity contribution >= 4 is 0 Å². The van der Waals surface area contributed by atoms with E-state index in [0.717, 1.165) is 18.0 Å². The van der Waals surface area contributed by atoms with Crippen LogP contribution >= 0.6 is 0 Å². The predicted molar refractivity (Wildman–Crippen MR) is 76.8 cm³/mol. The van der Waals surface area contributed by atoms with Gasteiger partial charge in [0.15, 0.2) is 0 Å². The van der Waals surface area contributed by atoms with Crippen LogP contribution < -0.4 is 5.32 Å². The lowest BCUT2D eigenvalue weighted by molar-refractivity contribution is 0.180. The summed E-state index contributed by atoms with van der Waals surface area (Å²) in [6, 6.07) is 1.82. The fourth-order valence-corrected chi connectivity index (χ4v) is 4.50. The monoisotopic (exact) mass is 250 g/mol. The molecule has 2 atom stereocenters. The van der Waals surface area contributed by atoms with E-state index in [-0.39, 0.29) is 0 Å². The first-order valence-electron chi connectivity index (χ1n) is 8.41. The van der Waals surface area contributed by atoms with E-state index in [0.29, 0.717) is 0 Å². The van der Waals surface area contributed by atoms with Crippen molar-refractivity contribution in [1.29, 1.82) is 0 Å². The van der Waals surface area contributed by atoms with Crippen LogP contribution in [0.2, 0.25) is 0 Å². The predicted octanol–water partition coefficient (Wildman–Crippen LogP) is 3.17. The Bertz CT molecular complexity index is 247. The van der Waals surface area contributed by atoms with Crippen LogP contribution in [0, 0.1) is 5.92 Å². The molecule has 0 spiro atoms. The Morgan fingerprint density at radius 1 is 0.889 bits per heavy atom.